The number of rotatable bonds is 3. The Morgan fingerprint density at radius 2 is 1.90 bits per heavy atom. The molecule has 6 rings (SSSR count). The number of fused-ring (bicyclic) bond motifs is 2. The molecule has 0 bridgehead atoms. The summed E-state index contributed by atoms with van der Waals surface area (Å²) in [6.07, 6.45) is 3.09. The van der Waals surface area contributed by atoms with Gasteiger partial charge in [0.05, 0.1) is 23.1 Å². The molecule has 0 aliphatic rings. The number of aromatic hydroxyl groups is 1. The maximum absolute atomic E-state index is 9.75. The van der Waals surface area contributed by atoms with Crippen molar-refractivity contribution in [3.8, 4) is 39.5 Å². The standard InChI is InChI=1S/C23H15N5OS/c29-15-8-14(10-24-11-15)18-4-5-20-22(26-18)23(28-27-20)21-9-17-16(13-6-7-30-12-13)2-1-3-19(17)25-21/h1-12,25,29H,(H,27,28). The molecule has 30 heavy (non-hydrogen) atoms. The van der Waals surface area contributed by atoms with Gasteiger partial charge < -0.3 is 10.1 Å². The van der Waals surface area contributed by atoms with Crippen LogP contribution in [-0.2, 0) is 0 Å². The van der Waals surface area contributed by atoms with Crippen molar-refractivity contribution < 1.29 is 5.11 Å². The topological polar surface area (TPSA) is 90.5 Å². The van der Waals surface area contributed by atoms with Gasteiger partial charge in [-0.05, 0) is 58.3 Å². The van der Waals surface area contributed by atoms with Gasteiger partial charge in [-0.3, -0.25) is 10.1 Å². The first-order valence-electron chi connectivity index (χ1n) is 9.40. The molecule has 0 saturated carbocycles. The van der Waals surface area contributed by atoms with E-state index in [-0.39, 0.29) is 5.75 Å². The van der Waals surface area contributed by atoms with Gasteiger partial charge >= 0.3 is 0 Å². The van der Waals surface area contributed by atoms with E-state index in [1.807, 2.05) is 12.1 Å². The molecule has 6 nitrogen and oxygen atoms in total. The Morgan fingerprint density at radius 1 is 0.933 bits per heavy atom. The van der Waals surface area contributed by atoms with E-state index in [1.54, 1.807) is 23.6 Å². The van der Waals surface area contributed by atoms with Gasteiger partial charge in [0.2, 0.25) is 0 Å². The van der Waals surface area contributed by atoms with E-state index >= 15 is 0 Å². The minimum Gasteiger partial charge on any atom is -0.506 e. The summed E-state index contributed by atoms with van der Waals surface area (Å²) >= 11 is 1.69. The minimum absolute atomic E-state index is 0.110. The molecule has 5 heterocycles. The van der Waals surface area contributed by atoms with E-state index in [2.05, 4.69) is 61.3 Å². The fraction of sp³-hybridized carbons (Fsp3) is 0. The molecule has 3 N–H and O–H groups in total. The average molecular weight is 409 g/mol. The smallest absolute Gasteiger partial charge is 0.135 e. The predicted molar refractivity (Wildman–Crippen MR) is 119 cm³/mol. The quantitative estimate of drug-likeness (QED) is 0.355. The van der Waals surface area contributed by atoms with Crippen LogP contribution in [0, 0.1) is 0 Å². The summed E-state index contributed by atoms with van der Waals surface area (Å²) in [5.41, 5.74) is 8.20. The van der Waals surface area contributed by atoms with Crippen LogP contribution in [0.15, 0.2) is 71.7 Å². The maximum Gasteiger partial charge on any atom is 0.135 e. The van der Waals surface area contributed by atoms with Gasteiger partial charge in [-0.1, -0.05) is 12.1 Å². The minimum atomic E-state index is 0.110. The number of nitrogens with one attached hydrogen (secondary N) is 2. The van der Waals surface area contributed by atoms with E-state index in [0.717, 1.165) is 44.6 Å². The van der Waals surface area contributed by atoms with Gasteiger partial charge in [0.15, 0.2) is 0 Å². The van der Waals surface area contributed by atoms with E-state index in [1.165, 1.54) is 17.3 Å². The number of H-pyrrole nitrogens is 2. The van der Waals surface area contributed by atoms with Crippen molar-refractivity contribution in [2.24, 2.45) is 0 Å². The van der Waals surface area contributed by atoms with Gasteiger partial charge in [-0.15, -0.1) is 0 Å². The summed E-state index contributed by atoms with van der Waals surface area (Å²) in [6, 6.07) is 16.0. The third kappa shape index (κ3) is 2.67. The van der Waals surface area contributed by atoms with Gasteiger partial charge in [-0.25, -0.2) is 4.98 Å². The highest BCUT2D eigenvalue weighted by Gasteiger charge is 2.15. The Kier molecular flexibility index (Phi) is 3.69. The van der Waals surface area contributed by atoms with Crippen LogP contribution >= 0.6 is 11.3 Å². The van der Waals surface area contributed by atoms with Crippen LogP contribution in [0.4, 0.5) is 0 Å². The Balaban J connectivity index is 1.52. The third-order valence-corrected chi connectivity index (χ3v) is 5.86. The molecule has 0 atom stereocenters. The van der Waals surface area contributed by atoms with Crippen LogP contribution in [0.25, 0.3) is 55.7 Å². The SMILES string of the molecule is Oc1cncc(-c2ccc3[nH]nc(-c4cc5c(-c6ccsc6)cccc5[nH]4)c3n2)c1. The molecule has 0 saturated heterocycles. The highest BCUT2D eigenvalue weighted by atomic mass is 32.1. The van der Waals surface area contributed by atoms with Gasteiger partial charge in [-0.2, -0.15) is 16.4 Å². The van der Waals surface area contributed by atoms with Crippen molar-refractivity contribution in [1.29, 1.82) is 0 Å². The molecule has 0 fully saturated rings. The van der Waals surface area contributed by atoms with Crippen LogP contribution in [0.5, 0.6) is 5.75 Å². The summed E-state index contributed by atoms with van der Waals surface area (Å²) in [6.45, 7) is 0. The molecule has 7 heteroatoms. The fourth-order valence-electron chi connectivity index (χ4n) is 3.77. The first kappa shape index (κ1) is 16.9. The highest BCUT2D eigenvalue weighted by molar-refractivity contribution is 7.08. The monoisotopic (exact) mass is 409 g/mol. The largest absolute Gasteiger partial charge is 0.506 e. The lowest BCUT2D eigenvalue weighted by atomic mass is 10.0. The number of pyridine rings is 2. The number of nitrogens with zero attached hydrogens (tertiary/aromatic N) is 3. The number of aromatic nitrogens is 5. The summed E-state index contributed by atoms with van der Waals surface area (Å²) in [4.78, 5) is 12.3. The van der Waals surface area contributed by atoms with Gasteiger partial charge in [0, 0.05) is 22.7 Å². The van der Waals surface area contributed by atoms with Crippen molar-refractivity contribution in [3.05, 3.63) is 71.7 Å². The van der Waals surface area contributed by atoms with Crippen LogP contribution in [0.1, 0.15) is 0 Å². The van der Waals surface area contributed by atoms with Crippen LogP contribution in [0.2, 0.25) is 0 Å². The highest BCUT2D eigenvalue weighted by Crippen LogP contribution is 2.34. The number of hydrogen-bond acceptors (Lipinski definition) is 5. The second-order valence-corrected chi connectivity index (χ2v) is 7.84. The van der Waals surface area contributed by atoms with Crippen molar-refractivity contribution in [1.82, 2.24) is 25.1 Å². The Labute approximate surface area is 174 Å². The second kappa shape index (κ2) is 6.53. The van der Waals surface area contributed by atoms with Crippen LogP contribution in [0.3, 0.4) is 0 Å². The molecular weight excluding hydrogens is 394 g/mol. The third-order valence-electron chi connectivity index (χ3n) is 5.18. The Hall–Kier alpha value is -3.97. The molecule has 5 aromatic heterocycles. The van der Waals surface area contributed by atoms with Crippen LogP contribution in [-0.4, -0.2) is 30.3 Å². The molecule has 1 aromatic carbocycles. The maximum atomic E-state index is 9.75. The van der Waals surface area contributed by atoms with Crippen molar-refractivity contribution in [2.45, 2.75) is 0 Å². The van der Waals surface area contributed by atoms with E-state index in [9.17, 15) is 5.11 Å². The number of hydrogen-bond donors (Lipinski definition) is 3. The molecule has 0 aliphatic heterocycles. The molecule has 0 amide bonds. The van der Waals surface area contributed by atoms with Crippen molar-refractivity contribution in [3.63, 3.8) is 0 Å². The lowest BCUT2D eigenvalue weighted by molar-refractivity contribution is 0.473. The zero-order chi connectivity index (χ0) is 20.1. The second-order valence-electron chi connectivity index (χ2n) is 7.06. The molecular formula is C23H15N5OS. The first-order chi connectivity index (χ1) is 14.8. The molecule has 0 aliphatic carbocycles. The van der Waals surface area contributed by atoms with Crippen molar-refractivity contribution in [2.75, 3.05) is 0 Å². The van der Waals surface area contributed by atoms with E-state index in [4.69, 9.17) is 4.98 Å². The zero-order valence-electron chi connectivity index (χ0n) is 15.6. The Morgan fingerprint density at radius 3 is 2.77 bits per heavy atom. The normalized spacial score (nSPS) is 11.5. The van der Waals surface area contributed by atoms with E-state index in [0.29, 0.717) is 0 Å². The lowest BCUT2D eigenvalue weighted by Crippen LogP contribution is -1.86. The fourth-order valence-corrected chi connectivity index (χ4v) is 4.42. The van der Waals surface area contributed by atoms with Crippen molar-refractivity contribution >= 4 is 33.3 Å². The van der Waals surface area contributed by atoms with E-state index < -0.39 is 0 Å². The molecule has 0 spiro atoms. The number of aromatic amines is 2. The van der Waals surface area contributed by atoms with Crippen LogP contribution < -0.4 is 0 Å². The molecule has 144 valence electrons. The molecule has 0 unspecified atom stereocenters. The molecule has 0 radical (unpaired) electrons. The van der Waals surface area contributed by atoms with Gasteiger partial charge in [0.1, 0.15) is 17.0 Å². The Bertz CT molecular complexity index is 1510. The molecule has 6 aromatic rings. The summed E-state index contributed by atoms with van der Waals surface area (Å²) < 4.78 is 0. The average Bonchev–Trinajstić information content (AvgIpc) is 3.51. The van der Waals surface area contributed by atoms with Gasteiger partial charge in [0.25, 0.3) is 0 Å². The zero-order valence-corrected chi connectivity index (χ0v) is 16.4. The summed E-state index contributed by atoms with van der Waals surface area (Å²) in [7, 11) is 0. The first-order valence-corrected chi connectivity index (χ1v) is 10.3. The summed E-state index contributed by atoms with van der Waals surface area (Å²) in [5.74, 6) is 0.110. The number of benzene rings is 1. The lowest BCUT2D eigenvalue weighted by Gasteiger charge is -2.01. The predicted octanol–water partition coefficient (Wildman–Crippen LogP) is 5.60. The summed E-state index contributed by atoms with van der Waals surface area (Å²) in [5, 5.41) is 22.7. The number of thiophene rings is 1.